The Hall–Kier alpha value is -0.650. The van der Waals surface area contributed by atoms with E-state index in [1.807, 2.05) is 0 Å². The first-order chi connectivity index (χ1) is 13.4. The van der Waals surface area contributed by atoms with Gasteiger partial charge in [-0.25, -0.2) is 0 Å². The van der Waals surface area contributed by atoms with Crippen molar-refractivity contribution in [3.05, 3.63) is 0 Å². The van der Waals surface area contributed by atoms with Gasteiger partial charge >= 0.3 is 0 Å². The minimum Gasteiger partial charge on any atom is -0.340 e. The first-order valence-electron chi connectivity index (χ1n) is 11.9. The number of piperidine rings is 1. The lowest BCUT2D eigenvalue weighted by molar-refractivity contribution is -0.139. The van der Waals surface area contributed by atoms with Gasteiger partial charge in [0.25, 0.3) is 0 Å². The van der Waals surface area contributed by atoms with Gasteiger partial charge in [0.2, 0.25) is 5.91 Å². The van der Waals surface area contributed by atoms with Crippen molar-refractivity contribution in [3.63, 3.8) is 0 Å². The molecule has 0 aromatic rings. The summed E-state index contributed by atoms with van der Waals surface area (Å²) in [5, 5.41) is 0. The van der Waals surface area contributed by atoms with Crippen molar-refractivity contribution >= 4 is 5.91 Å². The van der Waals surface area contributed by atoms with E-state index in [1.165, 1.54) is 19.4 Å². The predicted octanol–water partition coefficient (Wildman–Crippen LogP) is 3.15. The molecule has 5 heteroatoms. The molecule has 1 amide bonds. The van der Waals surface area contributed by atoms with Gasteiger partial charge in [-0.15, -0.1) is 0 Å². The molecule has 0 aromatic carbocycles. The van der Waals surface area contributed by atoms with Crippen LogP contribution in [-0.2, 0) is 4.79 Å². The summed E-state index contributed by atoms with van der Waals surface area (Å²) < 4.78 is 0. The minimum atomic E-state index is 0.221. The van der Waals surface area contributed by atoms with E-state index in [0.29, 0.717) is 23.4 Å². The maximum Gasteiger partial charge on any atom is 0.225 e. The van der Waals surface area contributed by atoms with Crippen LogP contribution in [0.5, 0.6) is 0 Å². The van der Waals surface area contributed by atoms with Gasteiger partial charge in [0.1, 0.15) is 0 Å². The monoisotopic (exact) mass is 406 g/mol. The summed E-state index contributed by atoms with van der Waals surface area (Å²) in [6, 6.07) is 1.37. The highest BCUT2D eigenvalue weighted by Crippen LogP contribution is 2.31. The van der Waals surface area contributed by atoms with Crippen LogP contribution in [0.15, 0.2) is 0 Å². The smallest absolute Gasteiger partial charge is 0.225 e. The summed E-state index contributed by atoms with van der Waals surface area (Å²) >= 11 is 0. The number of likely N-dealkylation sites (tertiary alicyclic amines) is 2. The molecule has 168 valence electrons. The molecule has 0 unspecified atom stereocenters. The van der Waals surface area contributed by atoms with Crippen molar-refractivity contribution in [2.45, 2.75) is 84.8 Å². The zero-order valence-electron chi connectivity index (χ0n) is 20.2. The van der Waals surface area contributed by atoms with Crippen molar-refractivity contribution in [2.75, 3.05) is 52.9 Å². The van der Waals surface area contributed by atoms with Gasteiger partial charge < -0.3 is 9.80 Å². The Morgan fingerprint density at radius 2 is 1.48 bits per heavy atom. The van der Waals surface area contributed by atoms with E-state index in [9.17, 15) is 4.79 Å². The molecule has 0 aliphatic carbocycles. The second-order valence-corrected chi connectivity index (χ2v) is 12.0. The van der Waals surface area contributed by atoms with Crippen molar-refractivity contribution < 1.29 is 4.79 Å². The topological polar surface area (TPSA) is 30.0 Å². The molecule has 0 radical (unpaired) electrons. The van der Waals surface area contributed by atoms with E-state index in [2.05, 4.69) is 68.2 Å². The van der Waals surface area contributed by atoms with E-state index in [1.54, 1.807) is 0 Å². The fourth-order valence-corrected chi connectivity index (χ4v) is 5.62. The lowest BCUT2D eigenvalue weighted by Crippen LogP contribution is -2.55. The average Bonchev–Trinajstić information content (AvgIpc) is 2.99. The van der Waals surface area contributed by atoms with Crippen LogP contribution in [0, 0.1) is 11.3 Å². The molecule has 29 heavy (non-hydrogen) atoms. The number of amides is 1. The Bertz CT molecular complexity index is 548. The number of nitrogens with zero attached hydrogens (tertiary/aromatic N) is 4. The number of carbonyl (C=O) groups excluding carboxylic acids is 1. The van der Waals surface area contributed by atoms with Gasteiger partial charge in [0.15, 0.2) is 0 Å². The zero-order chi connectivity index (χ0) is 21.4. The molecule has 3 aliphatic rings. The average molecular weight is 407 g/mol. The molecule has 0 bridgehead atoms. The zero-order valence-corrected chi connectivity index (χ0v) is 20.2. The molecule has 0 aromatic heterocycles. The molecular weight excluding hydrogens is 360 g/mol. The highest BCUT2D eigenvalue weighted by Gasteiger charge is 2.38. The molecular formula is C24H46N4O. The van der Waals surface area contributed by atoms with E-state index < -0.39 is 0 Å². The lowest BCUT2D eigenvalue weighted by Gasteiger charge is -2.43. The maximum atomic E-state index is 13.1. The highest BCUT2D eigenvalue weighted by atomic mass is 16.2. The first kappa shape index (κ1) is 23.0. The largest absolute Gasteiger partial charge is 0.340 e. The van der Waals surface area contributed by atoms with E-state index in [-0.39, 0.29) is 11.5 Å². The fourth-order valence-electron chi connectivity index (χ4n) is 5.62. The SMILES string of the molecule is CN1C[C@@H](N2CCN(C(=O)C3CCN(C(C)(C)C)CC3)CC2)C[C@H]1CC(C)(C)C. The Balaban J connectivity index is 1.44. The second-order valence-electron chi connectivity index (χ2n) is 12.0. The van der Waals surface area contributed by atoms with Crippen molar-refractivity contribution in [2.24, 2.45) is 11.3 Å². The third-order valence-electron chi connectivity index (χ3n) is 7.45. The van der Waals surface area contributed by atoms with Crippen LogP contribution in [0.25, 0.3) is 0 Å². The van der Waals surface area contributed by atoms with E-state index in [4.69, 9.17) is 0 Å². The highest BCUT2D eigenvalue weighted by molar-refractivity contribution is 5.79. The molecule has 3 saturated heterocycles. The minimum absolute atomic E-state index is 0.221. The van der Waals surface area contributed by atoms with Crippen LogP contribution >= 0.6 is 0 Å². The number of piperazine rings is 1. The van der Waals surface area contributed by atoms with Crippen LogP contribution in [0.3, 0.4) is 0 Å². The Morgan fingerprint density at radius 3 is 2.00 bits per heavy atom. The standard InChI is InChI=1S/C24H46N4O/c1-23(2,3)17-20-16-21(18-25(20)7)26-12-14-27(15-13-26)22(29)19-8-10-28(11-9-19)24(4,5)6/h19-21H,8-18H2,1-7H3/t20-,21-/m0/s1. The molecule has 3 fully saturated rings. The van der Waals surface area contributed by atoms with Gasteiger partial charge in [-0.2, -0.15) is 0 Å². The Labute approximate surface area is 179 Å². The van der Waals surface area contributed by atoms with Gasteiger partial charge in [0, 0.05) is 56.3 Å². The van der Waals surface area contributed by atoms with Gasteiger partial charge in [-0.1, -0.05) is 20.8 Å². The molecule has 3 rings (SSSR count). The number of hydrogen-bond donors (Lipinski definition) is 0. The molecule has 3 heterocycles. The van der Waals surface area contributed by atoms with Crippen LogP contribution < -0.4 is 0 Å². The number of hydrogen-bond acceptors (Lipinski definition) is 4. The van der Waals surface area contributed by atoms with Gasteiger partial charge in [0.05, 0.1) is 0 Å². The van der Waals surface area contributed by atoms with Crippen molar-refractivity contribution in [1.29, 1.82) is 0 Å². The van der Waals surface area contributed by atoms with Crippen LogP contribution in [0.2, 0.25) is 0 Å². The molecule has 3 aliphatic heterocycles. The lowest BCUT2D eigenvalue weighted by atomic mass is 9.87. The fraction of sp³-hybridized carbons (Fsp3) is 0.958. The molecule has 2 atom stereocenters. The normalized spacial score (nSPS) is 29.6. The quantitative estimate of drug-likeness (QED) is 0.720. The van der Waals surface area contributed by atoms with E-state index in [0.717, 1.165) is 52.1 Å². The Morgan fingerprint density at radius 1 is 0.897 bits per heavy atom. The summed E-state index contributed by atoms with van der Waals surface area (Å²) in [4.78, 5) is 23.0. The summed E-state index contributed by atoms with van der Waals surface area (Å²) in [7, 11) is 2.29. The first-order valence-corrected chi connectivity index (χ1v) is 11.9. The maximum absolute atomic E-state index is 13.1. The summed E-state index contributed by atoms with van der Waals surface area (Å²) in [5.41, 5.74) is 0.612. The Kier molecular flexibility index (Phi) is 7.02. The van der Waals surface area contributed by atoms with Crippen molar-refractivity contribution in [3.8, 4) is 0 Å². The third kappa shape index (κ3) is 5.95. The second kappa shape index (κ2) is 8.84. The van der Waals surface area contributed by atoms with Crippen LogP contribution in [0.4, 0.5) is 0 Å². The van der Waals surface area contributed by atoms with E-state index >= 15 is 0 Å². The third-order valence-corrected chi connectivity index (χ3v) is 7.45. The summed E-state index contributed by atoms with van der Waals surface area (Å²) in [5.74, 6) is 0.668. The number of carbonyl (C=O) groups is 1. The predicted molar refractivity (Wildman–Crippen MR) is 121 cm³/mol. The molecule has 5 nitrogen and oxygen atoms in total. The van der Waals surface area contributed by atoms with Crippen molar-refractivity contribution in [1.82, 2.24) is 19.6 Å². The summed E-state index contributed by atoms with van der Waals surface area (Å²) in [6.07, 6.45) is 4.61. The van der Waals surface area contributed by atoms with Gasteiger partial charge in [-0.05, 0) is 72.0 Å². The number of likely N-dealkylation sites (N-methyl/N-ethyl adjacent to an activating group) is 1. The van der Waals surface area contributed by atoms with Gasteiger partial charge in [-0.3, -0.25) is 14.6 Å². The number of rotatable bonds is 3. The summed E-state index contributed by atoms with van der Waals surface area (Å²) in [6.45, 7) is 21.1. The molecule has 0 spiro atoms. The van der Waals surface area contributed by atoms with Crippen LogP contribution in [-0.4, -0.2) is 96.0 Å². The molecule has 0 saturated carbocycles. The molecule has 0 N–H and O–H groups in total. The van der Waals surface area contributed by atoms with Crippen LogP contribution in [0.1, 0.15) is 67.2 Å².